The molecule has 6 nitrogen and oxygen atoms in total. The van der Waals surface area contributed by atoms with Crippen molar-refractivity contribution < 1.29 is 19.4 Å². The van der Waals surface area contributed by atoms with E-state index in [9.17, 15) is 14.7 Å². The van der Waals surface area contributed by atoms with Crippen molar-refractivity contribution in [3.8, 4) is 0 Å². The number of carbonyl (C=O) groups excluding carboxylic acids is 2. The van der Waals surface area contributed by atoms with E-state index in [-0.39, 0.29) is 25.0 Å². The number of hydrogen-bond donors (Lipinski definition) is 2. The minimum atomic E-state index is -0.912. The molecule has 2 rings (SSSR count). The molecule has 1 aromatic rings. The van der Waals surface area contributed by atoms with Gasteiger partial charge in [0.2, 0.25) is 5.91 Å². The van der Waals surface area contributed by atoms with Gasteiger partial charge in [-0.1, -0.05) is 12.7 Å². The maximum atomic E-state index is 12.7. The van der Waals surface area contributed by atoms with Gasteiger partial charge >= 0.3 is 0 Å². The second-order valence-electron chi connectivity index (χ2n) is 5.25. The zero-order valence-electron chi connectivity index (χ0n) is 12.8. The molecule has 23 heavy (non-hydrogen) atoms. The van der Waals surface area contributed by atoms with E-state index < -0.39 is 5.54 Å². The number of nitrogens with zero attached hydrogens (tertiary/aromatic N) is 1. The number of aliphatic hydroxyl groups excluding tert-OH is 1. The number of morpholine rings is 1. The monoisotopic (exact) mass is 316 g/mol. The Balaban J connectivity index is 2.20. The molecule has 0 aromatic heterocycles. The SMILES string of the molecule is C=CC(=O)Nc1ccc(C(=O)N2CCOCC2(C=C)CO)cc1. The summed E-state index contributed by atoms with van der Waals surface area (Å²) in [4.78, 5) is 25.6. The summed E-state index contributed by atoms with van der Waals surface area (Å²) in [5, 5.41) is 12.3. The van der Waals surface area contributed by atoms with Crippen LogP contribution in [0.3, 0.4) is 0 Å². The van der Waals surface area contributed by atoms with E-state index in [0.717, 1.165) is 0 Å². The molecule has 1 heterocycles. The molecule has 122 valence electrons. The van der Waals surface area contributed by atoms with Crippen molar-refractivity contribution in [3.63, 3.8) is 0 Å². The van der Waals surface area contributed by atoms with E-state index in [2.05, 4.69) is 18.5 Å². The van der Waals surface area contributed by atoms with Crippen LogP contribution in [-0.4, -0.2) is 53.7 Å². The first-order valence-corrected chi connectivity index (χ1v) is 7.24. The van der Waals surface area contributed by atoms with Gasteiger partial charge in [-0.05, 0) is 30.3 Å². The maximum Gasteiger partial charge on any atom is 0.254 e. The van der Waals surface area contributed by atoms with Crippen molar-refractivity contribution in [1.82, 2.24) is 4.90 Å². The fourth-order valence-corrected chi connectivity index (χ4v) is 2.42. The van der Waals surface area contributed by atoms with E-state index >= 15 is 0 Å². The van der Waals surface area contributed by atoms with Gasteiger partial charge in [0, 0.05) is 17.8 Å². The van der Waals surface area contributed by atoms with Gasteiger partial charge in [0.15, 0.2) is 0 Å². The molecule has 0 radical (unpaired) electrons. The lowest BCUT2D eigenvalue weighted by Crippen LogP contribution is -2.60. The van der Waals surface area contributed by atoms with Crippen molar-refractivity contribution in [3.05, 3.63) is 55.1 Å². The highest BCUT2D eigenvalue weighted by Crippen LogP contribution is 2.24. The predicted octanol–water partition coefficient (Wildman–Crippen LogP) is 1.20. The number of rotatable bonds is 5. The summed E-state index contributed by atoms with van der Waals surface area (Å²) in [6.07, 6.45) is 2.72. The Kier molecular flexibility index (Phi) is 5.31. The number of hydrogen-bond acceptors (Lipinski definition) is 4. The van der Waals surface area contributed by atoms with Gasteiger partial charge in [-0.2, -0.15) is 0 Å². The molecule has 0 aliphatic carbocycles. The highest BCUT2D eigenvalue weighted by Gasteiger charge is 2.39. The Morgan fingerprint density at radius 1 is 1.35 bits per heavy atom. The van der Waals surface area contributed by atoms with Gasteiger partial charge in [-0.3, -0.25) is 9.59 Å². The summed E-state index contributed by atoms with van der Waals surface area (Å²) in [5.74, 6) is -0.535. The molecule has 1 aliphatic rings. The summed E-state index contributed by atoms with van der Waals surface area (Å²) in [7, 11) is 0. The second-order valence-corrected chi connectivity index (χ2v) is 5.25. The Hall–Kier alpha value is -2.44. The van der Waals surface area contributed by atoms with Gasteiger partial charge in [0.1, 0.15) is 5.54 Å². The van der Waals surface area contributed by atoms with Crippen LogP contribution in [0.4, 0.5) is 5.69 Å². The van der Waals surface area contributed by atoms with E-state index in [1.807, 2.05) is 0 Å². The lowest BCUT2D eigenvalue weighted by molar-refractivity contribution is -0.111. The van der Waals surface area contributed by atoms with Crippen molar-refractivity contribution in [2.45, 2.75) is 5.54 Å². The normalized spacial score (nSPS) is 20.7. The van der Waals surface area contributed by atoms with Crippen LogP contribution in [0.5, 0.6) is 0 Å². The molecule has 1 saturated heterocycles. The predicted molar refractivity (Wildman–Crippen MR) is 87.1 cm³/mol. The summed E-state index contributed by atoms with van der Waals surface area (Å²) in [5.41, 5.74) is 0.124. The molecule has 0 spiro atoms. The van der Waals surface area contributed by atoms with Crippen LogP contribution in [0.2, 0.25) is 0 Å². The van der Waals surface area contributed by atoms with E-state index in [1.54, 1.807) is 35.2 Å². The Morgan fingerprint density at radius 2 is 2.04 bits per heavy atom. The summed E-state index contributed by atoms with van der Waals surface area (Å²) >= 11 is 0. The van der Waals surface area contributed by atoms with Gasteiger partial charge in [0.25, 0.3) is 5.91 Å². The quantitative estimate of drug-likeness (QED) is 0.632. The van der Waals surface area contributed by atoms with Crippen LogP contribution in [0.1, 0.15) is 10.4 Å². The molecule has 6 heteroatoms. The average Bonchev–Trinajstić information content (AvgIpc) is 2.61. The second kappa shape index (κ2) is 7.21. The topological polar surface area (TPSA) is 78.9 Å². The number of benzene rings is 1. The Labute approximate surface area is 135 Å². The van der Waals surface area contributed by atoms with E-state index in [1.165, 1.54) is 6.08 Å². The first kappa shape index (κ1) is 16.9. The van der Waals surface area contributed by atoms with Crippen LogP contribution in [0.15, 0.2) is 49.6 Å². The molecule has 1 aromatic carbocycles. The highest BCUT2D eigenvalue weighted by atomic mass is 16.5. The number of anilines is 1. The molecule has 0 saturated carbocycles. The van der Waals surface area contributed by atoms with Crippen molar-refractivity contribution >= 4 is 17.5 Å². The molecule has 1 fully saturated rings. The third-order valence-electron chi connectivity index (χ3n) is 3.83. The van der Waals surface area contributed by atoms with Crippen LogP contribution < -0.4 is 5.32 Å². The van der Waals surface area contributed by atoms with Gasteiger partial charge < -0.3 is 20.1 Å². The molecule has 1 atom stereocenters. The van der Waals surface area contributed by atoms with Crippen LogP contribution in [0, 0.1) is 0 Å². The lowest BCUT2D eigenvalue weighted by atomic mass is 9.96. The zero-order chi connectivity index (χ0) is 16.9. The van der Waals surface area contributed by atoms with Crippen molar-refractivity contribution in [1.29, 1.82) is 0 Å². The maximum absolute atomic E-state index is 12.7. The number of amides is 2. The molecular formula is C17H20N2O4. The van der Waals surface area contributed by atoms with E-state index in [4.69, 9.17) is 4.74 Å². The van der Waals surface area contributed by atoms with Gasteiger partial charge in [-0.15, -0.1) is 6.58 Å². The fraction of sp³-hybridized carbons (Fsp3) is 0.294. The minimum absolute atomic E-state index is 0.214. The first-order chi connectivity index (χ1) is 11.1. The Bertz CT molecular complexity index is 612. The standard InChI is InChI=1S/C17H20N2O4/c1-3-15(21)18-14-7-5-13(6-8-14)16(22)19-9-10-23-12-17(19,4-2)11-20/h3-8,20H,1-2,9-12H2,(H,18,21). The molecule has 0 bridgehead atoms. The highest BCUT2D eigenvalue weighted by molar-refractivity contribution is 6.00. The first-order valence-electron chi connectivity index (χ1n) is 7.24. The van der Waals surface area contributed by atoms with Crippen LogP contribution in [0.25, 0.3) is 0 Å². The van der Waals surface area contributed by atoms with Crippen molar-refractivity contribution in [2.75, 3.05) is 31.7 Å². The molecule has 2 N–H and O–H groups in total. The number of ether oxygens (including phenoxy) is 1. The van der Waals surface area contributed by atoms with Crippen LogP contribution >= 0.6 is 0 Å². The summed E-state index contributed by atoms with van der Waals surface area (Å²) in [6.45, 7) is 7.85. The van der Waals surface area contributed by atoms with E-state index in [0.29, 0.717) is 24.4 Å². The molecule has 1 aliphatic heterocycles. The third kappa shape index (κ3) is 3.49. The minimum Gasteiger partial charge on any atom is -0.393 e. The molecule has 1 unspecified atom stereocenters. The number of nitrogens with one attached hydrogen (secondary N) is 1. The number of aliphatic hydroxyl groups is 1. The average molecular weight is 316 g/mol. The largest absolute Gasteiger partial charge is 0.393 e. The Morgan fingerprint density at radius 3 is 2.61 bits per heavy atom. The van der Waals surface area contributed by atoms with Crippen molar-refractivity contribution in [2.24, 2.45) is 0 Å². The number of carbonyl (C=O) groups is 2. The van der Waals surface area contributed by atoms with Gasteiger partial charge in [0.05, 0.1) is 19.8 Å². The lowest BCUT2D eigenvalue weighted by Gasteiger charge is -2.43. The molecule has 2 amide bonds. The summed E-state index contributed by atoms with van der Waals surface area (Å²) in [6, 6.07) is 6.54. The zero-order valence-corrected chi connectivity index (χ0v) is 12.8. The van der Waals surface area contributed by atoms with Gasteiger partial charge in [-0.25, -0.2) is 0 Å². The summed E-state index contributed by atoms with van der Waals surface area (Å²) < 4.78 is 5.38. The molecular weight excluding hydrogens is 296 g/mol. The smallest absolute Gasteiger partial charge is 0.254 e. The van der Waals surface area contributed by atoms with Crippen LogP contribution in [-0.2, 0) is 9.53 Å². The third-order valence-corrected chi connectivity index (χ3v) is 3.83. The fourth-order valence-electron chi connectivity index (χ4n) is 2.42.